The molecule has 3 heterocycles. The third kappa shape index (κ3) is 1.69. The van der Waals surface area contributed by atoms with Gasteiger partial charge in [0.05, 0.1) is 11.1 Å². The molecule has 6 heteroatoms. The van der Waals surface area contributed by atoms with Gasteiger partial charge in [0.2, 0.25) is 0 Å². The zero-order valence-corrected chi connectivity index (χ0v) is 16.1. The fraction of sp³-hybridized carbons (Fsp3) is 0.889. The number of ether oxygens (including phenoxy) is 2. The molecule has 3 aliphatic heterocycles. The Bertz CT molecular complexity index is 600. The average molecular weight is 338 g/mol. The fourth-order valence-corrected chi connectivity index (χ4v) is 4.62. The van der Waals surface area contributed by atoms with Gasteiger partial charge in [-0.05, 0) is 39.0 Å². The summed E-state index contributed by atoms with van der Waals surface area (Å²) in [6.07, 6.45) is 0.178. The van der Waals surface area contributed by atoms with Crippen molar-refractivity contribution in [3.05, 3.63) is 0 Å². The highest BCUT2D eigenvalue weighted by atomic mass is 16.8. The van der Waals surface area contributed by atoms with Crippen LogP contribution in [-0.2, 0) is 19.1 Å². The van der Waals surface area contributed by atoms with Crippen molar-refractivity contribution in [2.75, 3.05) is 0 Å². The van der Waals surface area contributed by atoms with Crippen molar-refractivity contribution in [2.24, 2.45) is 5.41 Å². The fourth-order valence-electron chi connectivity index (χ4n) is 4.62. The van der Waals surface area contributed by atoms with Gasteiger partial charge in [0.15, 0.2) is 0 Å². The van der Waals surface area contributed by atoms with E-state index in [9.17, 15) is 9.59 Å². The van der Waals surface area contributed by atoms with Crippen molar-refractivity contribution in [3.63, 3.8) is 0 Å². The molecule has 6 nitrogen and oxygen atoms in total. The van der Waals surface area contributed by atoms with Crippen LogP contribution < -0.4 is 0 Å². The van der Waals surface area contributed by atoms with Crippen LogP contribution in [0, 0.1) is 5.41 Å². The highest BCUT2D eigenvalue weighted by Crippen LogP contribution is 2.60. The summed E-state index contributed by atoms with van der Waals surface area (Å²) >= 11 is 0. The van der Waals surface area contributed by atoms with E-state index < -0.39 is 29.3 Å². The van der Waals surface area contributed by atoms with E-state index in [0.717, 1.165) is 0 Å². The first kappa shape index (κ1) is 17.7. The van der Waals surface area contributed by atoms with E-state index in [1.54, 1.807) is 16.7 Å². The summed E-state index contributed by atoms with van der Waals surface area (Å²) in [5.74, 6) is -0.195. The largest absolute Gasteiger partial charge is 0.350 e. The SMILES string of the molecule is CC[C@@]1(C)N2C(=O)[C@@H](C)OC23O[C@H](C(C)(C)C)C(=O)N3[C@]1(C)CC. The maximum atomic E-state index is 13.3. The third-order valence-electron chi connectivity index (χ3n) is 6.49. The van der Waals surface area contributed by atoms with Crippen LogP contribution in [0.1, 0.15) is 68.2 Å². The second kappa shape index (κ2) is 4.73. The molecule has 1 spiro atoms. The van der Waals surface area contributed by atoms with Crippen molar-refractivity contribution in [1.29, 1.82) is 0 Å². The summed E-state index contributed by atoms with van der Waals surface area (Å²) in [5, 5.41) is 0. The Morgan fingerprint density at radius 3 is 1.83 bits per heavy atom. The van der Waals surface area contributed by atoms with Crippen LogP contribution in [-0.4, -0.2) is 50.9 Å². The van der Waals surface area contributed by atoms with E-state index in [1.165, 1.54) is 0 Å². The van der Waals surface area contributed by atoms with Gasteiger partial charge in [0.1, 0.15) is 12.2 Å². The summed E-state index contributed by atoms with van der Waals surface area (Å²) in [5.41, 5.74) is -1.46. The molecule has 0 aromatic rings. The van der Waals surface area contributed by atoms with Gasteiger partial charge in [-0.15, -0.1) is 0 Å². The van der Waals surface area contributed by atoms with Crippen LogP contribution in [0.4, 0.5) is 0 Å². The summed E-state index contributed by atoms with van der Waals surface area (Å²) in [6, 6.07) is -1.40. The van der Waals surface area contributed by atoms with Crippen LogP contribution in [0.25, 0.3) is 0 Å². The lowest BCUT2D eigenvalue weighted by Gasteiger charge is -2.45. The molecule has 3 rings (SSSR count). The second-order valence-electron chi connectivity index (χ2n) is 8.77. The highest BCUT2D eigenvalue weighted by Gasteiger charge is 2.80. The molecule has 0 radical (unpaired) electrons. The van der Waals surface area contributed by atoms with E-state index in [1.807, 2.05) is 41.5 Å². The van der Waals surface area contributed by atoms with Gasteiger partial charge in [-0.25, -0.2) is 0 Å². The van der Waals surface area contributed by atoms with Crippen LogP contribution >= 0.6 is 0 Å². The summed E-state index contributed by atoms with van der Waals surface area (Å²) in [7, 11) is 0. The van der Waals surface area contributed by atoms with E-state index in [0.29, 0.717) is 12.8 Å². The molecule has 136 valence electrons. The van der Waals surface area contributed by atoms with E-state index in [-0.39, 0.29) is 17.2 Å². The highest BCUT2D eigenvalue weighted by molar-refractivity contribution is 5.91. The Morgan fingerprint density at radius 1 is 0.958 bits per heavy atom. The number of nitrogens with zero attached hydrogens (tertiary/aromatic N) is 2. The van der Waals surface area contributed by atoms with Crippen LogP contribution in [0.2, 0.25) is 0 Å². The van der Waals surface area contributed by atoms with Crippen LogP contribution in [0.3, 0.4) is 0 Å². The number of hydrogen-bond acceptors (Lipinski definition) is 4. The number of hydrogen-bond donors (Lipinski definition) is 0. The number of carbonyl (C=O) groups is 2. The maximum Gasteiger partial charge on any atom is 0.350 e. The molecule has 2 amide bonds. The molecule has 0 bridgehead atoms. The van der Waals surface area contributed by atoms with Gasteiger partial charge in [0, 0.05) is 0 Å². The van der Waals surface area contributed by atoms with Crippen LogP contribution in [0.15, 0.2) is 0 Å². The Hall–Kier alpha value is -1.14. The molecule has 24 heavy (non-hydrogen) atoms. The minimum absolute atomic E-state index is 0.0871. The van der Waals surface area contributed by atoms with Crippen LogP contribution in [0.5, 0.6) is 0 Å². The normalized spacial score (nSPS) is 45.2. The molecule has 0 aliphatic carbocycles. The predicted molar refractivity (Wildman–Crippen MR) is 88.7 cm³/mol. The number of carbonyl (C=O) groups excluding carboxylic acids is 2. The summed E-state index contributed by atoms with van der Waals surface area (Å²) < 4.78 is 12.3. The Kier molecular flexibility index (Phi) is 3.48. The number of amides is 2. The van der Waals surface area contributed by atoms with Crippen molar-refractivity contribution < 1.29 is 19.1 Å². The Morgan fingerprint density at radius 2 is 1.42 bits per heavy atom. The molecule has 3 aliphatic rings. The topological polar surface area (TPSA) is 59.1 Å². The number of rotatable bonds is 2. The smallest absolute Gasteiger partial charge is 0.302 e. The van der Waals surface area contributed by atoms with Crippen molar-refractivity contribution in [2.45, 2.75) is 97.6 Å². The zero-order chi connectivity index (χ0) is 18.3. The molecular formula is C18H30N2O4. The van der Waals surface area contributed by atoms with E-state index in [2.05, 4.69) is 6.92 Å². The first-order chi connectivity index (χ1) is 10.9. The molecular weight excluding hydrogens is 308 g/mol. The second-order valence-corrected chi connectivity index (χ2v) is 8.77. The Balaban J connectivity index is 2.23. The minimum atomic E-state index is -1.40. The standard InChI is InChI=1S/C18H30N2O4/c1-9-16(7)17(8,10-2)20-14(22)12(15(4,5)6)24-18(20)19(16)13(21)11(3)23-18/h11-12H,9-10H2,1-8H3/t11-,12+,16-,17-,18?/m1/s1. The Labute approximate surface area is 144 Å². The van der Waals surface area contributed by atoms with Crippen molar-refractivity contribution in [3.8, 4) is 0 Å². The summed E-state index contributed by atoms with van der Waals surface area (Å²) in [6.45, 7) is 15.8. The van der Waals surface area contributed by atoms with Gasteiger partial charge in [-0.1, -0.05) is 34.6 Å². The molecule has 1 unspecified atom stereocenters. The molecule has 3 fully saturated rings. The first-order valence-corrected chi connectivity index (χ1v) is 8.94. The molecule has 0 aromatic heterocycles. The van der Waals surface area contributed by atoms with E-state index >= 15 is 0 Å². The molecule has 5 atom stereocenters. The first-order valence-electron chi connectivity index (χ1n) is 8.94. The lowest BCUT2D eigenvalue weighted by Crippen LogP contribution is -2.61. The monoisotopic (exact) mass is 338 g/mol. The quantitative estimate of drug-likeness (QED) is 0.776. The lowest BCUT2D eigenvalue weighted by atomic mass is 9.74. The average Bonchev–Trinajstić information content (AvgIpc) is 2.97. The zero-order valence-electron chi connectivity index (χ0n) is 16.1. The van der Waals surface area contributed by atoms with Gasteiger partial charge < -0.3 is 9.47 Å². The van der Waals surface area contributed by atoms with Gasteiger partial charge >= 0.3 is 6.03 Å². The van der Waals surface area contributed by atoms with Gasteiger partial charge in [-0.3, -0.25) is 19.4 Å². The molecule has 3 saturated heterocycles. The van der Waals surface area contributed by atoms with E-state index in [4.69, 9.17) is 9.47 Å². The van der Waals surface area contributed by atoms with Crippen molar-refractivity contribution in [1.82, 2.24) is 9.80 Å². The van der Waals surface area contributed by atoms with Gasteiger partial charge in [0.25, 0.3) is 11.8 Å². The third-order valence-corrected chi connectivity index (χ3v) is 6.49. The lowest BCUT2D eigenvalue weighted by molar-refractivity contribution is -0.322. The molecule has 0 saturated carbocycles. The maximum absolute atomic E-state index is 13.3. The van der Waals surface area contributed by atoms with Gasteiger partial charge in [-0.2, -0.15) is 0 Å². The molecule has 0 N–H and O–H groups in total. The molecule has 0 aromatic carbocycles. The predicted octanol–water partition coefficient (Wildman–Crippen LogP) is 2.47. The minimum Gasteiger partial charge on any atom is -0.302 e. The summed E-state index contributed by atoms with van der Waals surface area (Å²) in [4.78, 5) is 29.7. The van der Waals surface area contributed by atoms with Crippen molar-refractivity contribution >= 4 is 11.8 Å².